The smallest absolute Gasteiger partial charge is 0.337 e. The Kier molecular flexibility index (Phi) is 6.88. The molecule has 1 aromatic heterocycles. The fourth-order valence-corrected chi connectivity index (χ4v) is 2.76. The van der Waals surface area contributed by atoms with Crippen LogP contribution in [0.3, 0.4) is 0 Å². The number of rotatable bonds is 7. The number of morpholine rings is 1. The summed E-state index contributed by atoms with van der Waals surface area (Å²) in [5.41, 5.74) is 1.06. The molecule has 0 radical (unpaired) electrons. The van der Waals surface area contributed by atoms with Crippen molar-refractivity contribution in [1.29, 1.82) is 0 Å². The van der Waals surface area contributed by atoms with Crippen molar-refractivity contribution in [2.75, 3.05) is 57.1 Å². The van der Waals surface area contributed by atoms with Gasteiger partial charge in [0.1, 0.15) is 5.69 Å². The average Bonchev–Trinajstić information content (AvgIpc) is 2.74. The first kappa shape index (κ1) is 19.7. The lowest BCUT2D eigenvalue weighted by atomic mass is 10.2. The summed E-state index contributed by atoms with van der Waals surface area (Å²) in [6, 6.07) is 8.05. The molecule has 1 aliphatic rings. The van der Waals surface area contributed by atoms with Crippen LogP contribution in [0.1, 0.15) is 20.8 Å². The third-order valence-corrected chi connectivity index (χ3v) is 4.24. The van der Waals surface area contributed by atoms with Crippen LogP contribution in [-0.2, 0) is 9.47 Å². The fourth-order valence-electron chi connectivity index (χ4n) is 2.76. The van der Waals surface area contributed by atoms with Crippen LogP contribution >= 0.6 is 0 Å². The molecule has 0 atom stereocenters. The summed E-state index contributed by atoms with van der Waals surface area (Å²) in [6.07, 6.45) is 1.53. The minimum Gasteiger partial charge on any atom is -0.465 e. The number of aromatic nitrogens is 2. The molecule has 2 heterocycles. The van der Waals surface area contributed by atoms with Gasteiger partial charge in [0.25, 0.3) is 5.91 Å². The van der Waals surface area contributed by atoms with Crippen molar-refractivity contribution >= 4 is 23.5 Å². The minimum atomic E-state index is -0.468. The Morgan fingerprint density at radius 2 is 2.07 bits per heavy atom. The van der Waals surface area contributed by atoms with E-state index < -0.39 is 5.97 Å². The molecular weight excluding hydrogens is 362 g/mol. The lowest BCUT2D eigenvalue weighted by Crippen LogP contribution is -2.39. The Labute approximate surface area is 163 Å². The molecule has 3 rings (SSSR count). The van der Waals surface area contributed by atoms with Gasteiger partial charge >= 0.3 is 5.97 Å². The molecular formula is C19H23N5O4. The summed E-state index contributed by atoms with van der Waals surface area (Å²) >= 11 is 0. The zero-order valence-electron chi connectivity index (χ0n) is 15.7. The lowest BCUT2D eigenvalue weighted by Gasteiger charge is -2.26. The van der Waals surface area contributed by atoms with Gasteiger partial charge in [-0.05, 0) is 24.3 Å². The second-order valence-corrected chi connectivity index (χ2v) is 6.17. The SMILES string of the molecule is COC(=O)c1cccc(NC(=O)c2ccnc(NCCN3CCOCC3)n2)c1. The van der Waals surface area contributed by atoms with Crippen LogP contribution in [-0.4, -0.2) is 73.2 Å². The molecule has 0 unspecified atom stereocenters. The maximum Gasteiger partial charge on any atom is 0.337 e. The molecule has 2 aromatic rings. The van der Waals surface area contributed by atoms with Crippen molar-refractivity contribution in [3.05, 3.63) is 47.8 Å². The third-order valence-electron chi connectivity index (χ3n) is 4.24. The fraction of sp³-hybridized carbons (Fsp3) is 0.368. The first-order chi connectivity index (χ1) is 13.7. The van der Waals surface area contributed by atoms with Crippen molar-refractivity contribution in [2.45, 2.75) is 0 Å². The van der Waals surface area contributed by atoms with E-state index in [2.05, 4.69) is 30.2 Å². The van der Waals surface area contributed by atoms with Gasteiger partial charge in [-0.15, -0.1) is 0 Å². The Hall–Kier alpha value is -3.04. The topological polar surface area (TPSA) is 106 Å². The van der Waals surface area contributed by atoms with Crippen molar-refractivity contribution in [1.82, 2.24) is 14.9 Å². The molecule has 1 saturated heterocycles. The number of amides is 1. The predicted octanol–water partition coefficient (Wildman–Crippen LogP) is 1.26. The predicted molar refractivity (Wildman–Crippen MR) is 104 cm³/mol. The van der Waals surface area contributed by atoms with E-state index in [1.54, 1.807) is 24.3 Å². The highest BCUT2D eigenvalue weighted by Crippen LogP contribution is 2.13. The molecule has 0 bridgehead atoms. The summed E-state index contributed by atoms with van der Waals surface area (Å²) < 4.78 is 10.0. The Morgan fingerprint density at radius 3 is 2.86 bits per heavy atom. The number of benzene rings is 1. The van der Waals surface area contributed by atoms with E-state index in [0.717, 1.165) is 32.8 Å². The van der Waals surface area contributed by atoms with Crippen molar-refractivity contribution in [2.24, 2.45) is 0 Å². The van der Waals surface area contributed by atoms with Crippen molar-refractivity contribution < 1.29 is 19.1 Å². The van der Waals surface area contributed by atoms with Crippen LogP contribution < -0.4 is 10.6 Å². The molecule has 0 saturated carbocycles. The van der Waals surface area contributed by atoms with Crippen LogP contribution in [0.25, 0.3) is 0 Å². The van der Waals surface area contributed by atoms with Crippen molar-refractivity contribution in [3.8, 4) is 0 Å². The van der Waals surface area contributed by atoms with Gasteiger partial charge in [0.15, 0.2) is 0 Å². The van der Waals surface area contributed by atoms with Gasteiger partial charge in [-0.25, -0.2) is 14.8 Å². The van der Waals surface area contributed by atoms with Crippen LogP contribution in [0.4, 0.5) is 11.6 Å². The molecule has 1 aromatic carbocycles. The van der Waals surface area contributed by atoms with Crippen LogP contribution in [0.15, 0.2) is 36.5 Å². The summed E-state index contributed by atoms with van der Waals surface area (Å²) in [5, 5.41) is 5.86. The number of anilines is 2. The standard InChI is InChI=1S/C19H23N5O4/c1-27-18(26)14-3-2-4-15(13-14)22-17(25)16-5-6-20-19(23-16)21-7-8-24-9-11-28-12-10-24/h2-6,13H,7-12H2,1H3,(H,22,25)(H,20,21,23). The summed E-state index contributed by atoms with van der Waals surface area (Å²) in [7, 11) is 1.31. The number of hydrogen-bond acceptors (Lipinski definition) is 8. The summed E-state index contributed by atoms with van der Waals surface area (Å²) in [6.45, 7) is 4.85. The highest BCUT2D eigenvalue weighted by Gasteiger charge is 2.12. The maximum atomic E-state index is 12.5. The molecule has 148 valence electrons. The van der Waals surface area contributed by atoms with Gasteiger partial charge in [0, 0.05) is 38.1 Å². The largest absolute Gasteiger partial charge is 0.465 e. The Balaban J connectivity index is 1.56. The molecule has 1 fully saturated rings. The number of esters is 1. The van der Waals surface area contributed by atoms with E-state index in [1.165, 1.54) is 19.4 Å². The molecule has 1 aliphatic heterocycles. The number of carbonyl (C=O) groups is 2. The number of carbonyl (C=O) groups excluding carboxylic acids is 2. The van der Waals surface area contributed by atoms with Crippen LogP contribution in [0.2, 0.25) is 0 Å². The second-order valence-electron chi connectivity index (χ2n) is 6.17. The third kappa shape index (κ3) is 5.48. The van der Waals surface area contributed by atoms with E-state index >= 15 is 0 Å². The number of hydrogen-bond donors (Lipinski definition) is 2. The molecule has 28 heavy (non-hydrogen) atoms. The average molecular weight is 385 g/mol. The highest BCUT2D eigenvalue weighted by atomic mass is 16.5. The van der Waals surface area contributed by atoms with Gasteiger partial charge in [-0.3, -0.25) is 9.69 Å². The van der Waals surface area contributed by atoms with Gasteiger partial charge in [0.05, 0.1) is 25.9 Å². The van der Waals surface area contributed by atoms with Gasteiger partial charge in [0.2, 0.25) is 5.95 Å². The summed E-state index contributed by atoms with van der Waals surface area (Å²) in [5.74, 6) is -0.463. The van der Waals surface area contributed by atoms with Crippen LogP contribution in [0.5, 0.6) is 0 Å². The second kappa shape index (κ2) is 9.77. The number of nitrogens with zero attached hydrogens (tertiary/aromatic N) is 3. The minimum absolute atomic E-state index is 0.229. The molecule has 9 heteroatoms. The lowest BCUT2D eigenvalue weighted by molar-refractivity contribution is 0.0398. The number of methoxy groups -OCH3 is 1. The number of nitrogens with one attached hydrogen (secondary N) is 2. The monoisotopic (exact) mass is 385 g/mol. The first-order valence-electron chi connectivity index (χ1n) is 9.02. The molecule has 0 aliphatic carbocycles. The van der Waals surface area contributed by atoms with E-state index in [0.29, 0.717) is 23.7 Å². The normalized spacial score (nSPS) is 14.3. The highest BCUT2D eigenvalue weighted by molar-refractivity contribution is 6.03. The summed E-state index contributed by atoms with van der Waals surface area (Å²) in [4.78, 5) is 34.8. The van der Waals surface area contributed by atoms with E-state index in [-0.39, 0.29) is 11.6 Å². The number of ether oxygens (including phenoxy) is 2. The zero-order chi connectivity index (χ0) is 19.8. The van der Waals surface area contributed by atoms with E-state index in [1.807, 2.05) is 0 Å². The maximum absolute atomic E-state index is 12.5. The van der Waals surface area contributed by atoms with E-state index in [4.69, 9.17) is 4.74 Å². The molecule has 9 nitrogen and oxygen atoms in total. The van der Waals surface area contributed by atoms with Gasteiger partial charge in [-0.1, -0.05) is 6.07 Å². The molecule has 1 amide bonds. The van der Waals surface area contributed by atoms with Crippen LogP contribution in [0, 0.1) is 0 Å². The molecule has 0 spiro atoms. The zero-order valence-corrected chi connectivity index (χ0v) is 15.7. The van der Waals surface area contributed by atoms with Gasteiger partial charge < -0.3 is 20.1 Å². The van der Waals surface area contributed by atoms with Gasteiger partial charge in [-0.2, -0.15) is 0 Å². The first-order valence-corrected chi connectivity index (χ1v) is 9.02. The molecule has 2 N–H and O–H groups in total. The van der Waals surface area contributed by atoms with Crippen molar-refractivity contribution in [3.63, 3.8) is 0 Å². The Bertz CT molecular complexity index is 823. The van der Waals surface area contributed by atoms with E-state index in [9.17, 15) is 9.59 Å². The quantitative estimate of drug-likeness (QED) is 0.686. The Morgan fingerprint density at radius 1 is 1.25 bits per heavy atom.